The van der Waals surface area contributed by atoms with Gasteiger partial charge in [-0.15, -0.1) is 0 Å². The van der Waals surface area contributed by atoms with Crippen molar-refractivity contribution < 1.29 is 28.6 Å². The minimum absolute atomic E-state index is 0.0805. The van der Waals surface area contributed by atoms with Crippen LogP contribution in [0.2, 0.25) is 0 Å². The average Bonchev–Trinajstić information content (AvgIpc) is 3.45. The zero-order valence-electron chi connectivity index (χ0n) is 52.6. The van der Waals surface area contributed by atoms with Crippen molar-refractivity contribution in [2.24, 2.45) is 0 Å². The molecule has 1 atom stereocenters. The molecule has 0 spiro atoms. The van der Waals surface area contributed by atoms with E-state index < -0.39 is 6.10 Å². The van der Waals surface area contributed by atoms with Gasteiger partial charge in [-0.2, -0.15) is 0 Å². The van der Waals surface area contributed by atoms with Gasteiger partial charge in [0.25, 0.3) is 0 Å². The van der Waals surface area contributed by atoms with Crippen LogP contribution in [-0.4, -0.2) is 37.2 Å². The highest BCUT2D eigenvalue weighted by Gasteiger charge is 2.19. The second-order valence-corrected chi connectivity index (χ2v) is 23.1. The van der Waals surface area contributed by atoms with Crippen LogP contribution in [0.3, 0.4) is 0 Å². The van der Waals surface area contributed by atoms with Crippen LogP contribution in [0.4, 0.5) is 0 Å². The highest BCUT2D eigenvalue weighted by atomic mass is 16.6. The molecule has 0 heterocycles. The van der Waals surface area contributed by atoms with E-state index in [0.717, 1.165) is 89.9 Å². The Bertz CT molecular complexity index is 1450. The molecule has 0 fully saturated rings. The summed E-state index contributed by atoms with van der Waals surface area (Å²) >= 11 is 0. The number of carbonyl (C=O) groups is 3. The maximum Gasteiger partial charge on any atom is 0.306 e. The molecule has 458 valence electrons. The maximum atomic E-state index is 12.9. The molecule has 6 nitrogen and oxygen atoms in total. The first-order valence-corrected chi connectivity index (χ1v) is 34.4. The fraction of sp³-hybridized carbons (Fsp3) is 0.795. The monoisotopic (exact) mass is 1100 g/mol. The van der Waals surface area contributed by atoms with Crippen molar-refractivity contribution in [2.75, 3.05) is 13.2 Å². The van der Waals surface area contributed by atoms with Crippen LogP contribution in [0.1, 0.15) is 355 Å². The van der Waals surface area contributed by atoms with Gasteiger partial charge in [0, 0.05) is 19.3 Å². The molecule has 0 N–H and O–H groups in total. The Kier molecular flexibility index (Phi) is 64.7. The molecular weight excluding hydrogens is 973 g/mol. The number of hydrogen-bond acceptors (Lipinski definition) is 6. The second-order valence-electron chi connectivity index (χ2n) is 23.1. The summed E-state index contributed by atoms with van der Waals surface area (Å²) in [5.41, 5.74) is 0. The molecule has 0 amide bonds. The van der Waals surface area contributed by atoms with Crippen molar-refractivity contribution >= 4 is 17.9 Å². The first-order chi connectivity index (χ1) is 39.0. The summed E-state index contributed by atoms with van der Waals surface area (Å²) < 4.78 is 17.0. The van der Waals surface area contributed by atoms with Crippen LogP contribution in [0.15, 0.2) is 72.9 Å². The molecule has 0 aliphatic rings. The van der Waals surface area contributed by atoms with Gasteiger partial charge in [0.05, 0.1) is 0 Å². The van der Waals surface area contributed by atoms with E-state index in [1.165, 1.54) is 225 Å². The summed E-state index contributed by atoms with van der Waals surface area (Å²) in [7, 11) is 0. The molecule has 6 heteroatoms. The van der Waals surface area contributed by atoms with Crippen LogP contribution in [0.25, 0.3) is 0 Å². The van der Waals surface area contributed by atoms with Crippen molar-refractivity contribution in [2.45, 2.75) is 361 Å². The van der Waals surface area contributed by atoms with E-state index >= 15 is 0 Å². The molecule has 79 heavy (non-hydrogen) atoms. The lowest BCUT2D eigenvalue weighted by atomic mass is 10.0. The summed E-state index contributed by atoms with van der Waals surface area (Å²) in [6.07, 6.45) is 87.7. The van der Waals surface area contributed by atoms with E-state index in [-0.39, 0.29) is 31.1 Å². The first-order valence-electron chi connectivity index (χ1n) is 34.4. The van der Waals surface area contributed by atoms with Crippen molar-refractivity contribution in [3.8, 4) is 0 Å². The van der Waals surface area contributed by atoms with Crippen LogP contribution in [0.5, 0.6) is 0 Å². The fourth-order valence-corrected chi connectivity index (χ4v) is 9.95. The summed E-state index contributed by atoms with van der Waals surface area (Å²) in [5.74, 6) is -0.880. The Balaban J connectivity index is 4.35. The third kappa shape index (κ3) is 65.5. The lowest BCUT2D eigenvalue weighted by Gasteiger charge is -2.18. The Morgan fingerprint density at radius 2 is 0.456 bits per heavy atom. The number of unbranched alkanes of at least 4 members (excludes halogenated alkanes) is 40. The molecule has 0 radical (unpaired) electrons. The van der Waals surface area contributed by atoms with Crippen molar-refractivity contribution in [3.63, 3.8) is 0 Å². The van der Waals surface area contributed by atoms with Crippen molar-refractivity contribution in [1.82, 2.24) is 0 Å². The minimum atomic E-state index is -0.786. The lowest BCUT2D eigenvalue weighted by Crippen LogP contribution is -2.30. The van der Waals surface area contributed by atoms with Gasteiger partial charge in [0.15, 0.2) is 6.10 Å². The standard InChI is InChI=1S/C73H130O6/c1-4-7-10-13-16-19-22-25-28-31-33-34-35-36-37-38-40-42-45-48-51-54-57-60-63-66-72(75)78-69-70(68-77-71(74)65-62-59-56-53-50-47-44-41-30-27-24-21-18-15-12-9-6-3)79-73(76)67-64-61-58-55-52-49-46-43-39-32-29-26-23-20-17-14-11-8-5-2/h17,20,22,25-27,29-31,33,39,43,70H,4-16,18-19,21,23-24,28,32,34-38,40-42,44-69H2,1-3H3/b20-17-,25-22-,29-26-,30-27-,33-31-,43-39-. The summed E-state index contributed by atoms with van der Waals surface area (Å²) in [5, 5.41) is 0. The fourth-order valence-electron chi connectivity index (χ4n) is 9.95. The quantitative estimate of drug-likeness (QED) is 0.0261. The van der Waals surface area contributed by atoms with Gasteiger partial charge in [-0.3, -0.25) is 14.4 Å². The van der Waals surface area contributed by atoms with E-state index in [4.69, 9.17) is 14.2 Å². The van der Waals surface area contributed by atoms with Crippen LogP contribution in [-0.2, 0) is 28.6 Å². The third-order valence-electron chi connectivity index (χ3n) is 15.2. The predicted octanol–water partition coefficient (Wildman–Crippen LogP) is 23.7. The van der Waals surface area contributed by atoms with Crippen molar-refractivity contribution in [1.29, 1.82) is 0 Å². The predicted molar refractivity (Wildman–Crippen MR) is 344 cm³/mol. The van der Waals surface area contributed by atoms with Crippen LogP contribution >= 0.6 is 0 Å². The first kappa shape index (κ1) is 75.8. The van der Waals surface area contributed by atoms with Gasteiger partial charge in [-0.1, -0.05) is 293 Å². The number of carbonyl (C=O) groups excluding carboxylic acids is 3. The van der Waals surface area contributed by atoms with Crippen LogP contribution in [0, 0.1) is 0 Å². The Morgan fingerprint density at radius 1 is 0.253 bits per heavy atom. The minimum Gasteiger partial charge on any atom is -0.462 e. The van der Waals surface area contributed by atoms with E-state index in [1.807, 2.05) is 0 Å². The molecule has 0 aromatic carbocycles. The van der Waals surface area contributed by atoms with Gasteiger partial charge in [-0.05, 0) is 116 Å². The molecule has 0 saturated heterocycles. The number of ether oxygens (including phenoxy) is 3. The number of allylic oxidation sites excluding steroid dienone is 12. The number of hydrogen-bond donors (Lipinski definition) is 0. The molecule has 0 aromatic rings. The number of rotatable bonds is 63. The van der Waals surface area contributed by atoms with Gasteiger partial charge in [-0.25, -0.2) is 0 Å². The highest BCUT2D eigenvalue weighted by Crippen LogP contribution is 2.17. The summed E-state index contributed by atoms with van der Waals surface area (Å²) in [6.45, 7) is 6.63. The van der Waals surface area contributed by atoms with Gasteiger partial charge >= 0.3 is 17.9 Å². The Labute approximate surface area is 491 Å². The topological polar surface area (TPSA) is 78.9 Å². The lowest BCUT2D eigenvalue weighted by molar-refractivity contribution is -0.167. The third-order valence-corrected chi connectivity index (χ3v) is 15.2. The molecule has 0 saturated carbocycles. The summed E-state index contributed by atoms with van der Waals surface area (Å²) in [6, 6.07) is 0. The molecule has 0 aliphatic carbocycles. The molecule has 1 unspecified atom stereocenters. The van der Waals surface area contributed by atoms with E-state index in [0.29, 0.717) is 19.3 Å². The average molecular weight is 1100 g/mol. The molecule has 0 aliphatic heterocycles. The van der Waals surface area contributed by atoms with Gasteiger partial charge < -0.3 is 14.2 Å². The SMILES string of the molecule is CCCCC/C=C\C/C=C\C/C=C\CCCCCCCCC(=O)OC(COC(=O)CCCCCCCCC/C=C\CCCCCCCC)COC(=O)CCCCCCCCCCCCCCC/C=C\C/C=C\CCCCCCC. The second kappa shape index (κ2) is 67.4. The molecular formula is C73H130O6. The Hall–Kier alpha value is -3.15. The molecule has 0 aromatic heterocycles. The maximum absolute atomic E-state index is 12.9. The van der Waals surface area contributed by atoms with E-state index in [1.54, 1.807) is 0 Å². The zero-order valence-corrected chi connectivity index (χ0v) is 52.6. The van der Waals surface area contributed by atoms with Gasteiger partial charge in [0.2, 0.25) is 0 Å². The van der Waals surface area contributed by atoms with E-state index in [2.05, 4.69) is 93.7 Å². The smallest absolute Gasteiger partial charge is 0.306 e. The highest BCUT2D eigenvalue weighted by molar-refractivity contribution is 5.71. The van der Waals surface area contributed by atoms with Crippen molar-refractivity contribution in [3.05, 3.63) is 72.9 Å². The zero-order chi connectivity index (χ0) is 57.1. The summed E-state index contributed by atoms with van der Waals surface area (Å²) in [4.78, 5) is 38.4. The largest absolute Gasteiger partial charge is 0.462 e. The van der Waals surface area contributed by atoms with Crippen LogP contribution < -0.4 is 0 Å². The molecule has 0 rings (SSSR count). The molecule has 0 bridgehead atoms. The van der Waals surface area contributed by atoms with E-state index in [9.17, 15) is 14.4 Å². The Morgan fingerprint density at radius 3 is 0.747 bits per heavy atom. The normalized spacial score (nSPS) is 12.5. The number of esters is 3. The van der Waals surface area contributed by atoms with Gasteiger partial charge in [0.1, 0.15) is 13.2 Å².